The van der Waals surface area contributed by atoms with E-state index in [1.165, 1.54) is 40.5 Å². The van der Waals surface area contributed by atoms with E-state index in [0.717, 1.165) is 5.58 Å². The largest absolute Gasteiger partial charge is 0.464 e. The average Bonchev–Trinajstić information content (AvgIpc) is 2.95. The predicted molar refractivity (Wildman–Crippen MR) is 89.4 cm³/mol. The predicted octanol–water partition coefficient (Wildman–Crippen LogP) is 5.78. The molecule has 0 aliphatic heterocycles. The molecule has 0 spiro atoms. The summed E-state index contributed by atoms with van der Waals surface area (Å²) in [6, 6.07) is 16.8. The molecule has 1 aliphatic carbocycles. The second-order valence-corrected chi connectivity index (χ2v) is 5.65. The molecule has 0 saturated carbocycles. The Morgan fingerprint density at radius 3 is 2.67 bits per heavy atom. The van der Waals surface area contributed by atoms with E-state index in [2.05, 4.69) is 50.3 Å². The zero-order valence-corrected chi connectivity index (χ0v) is 12.6. The molecule has 0 unspecified atom stereocenters. The van der Waals surface area contributed by atoms with Crippen molar-refractivity contribution in [1.29, 1.82) is 0 Å². The quantitative estimate of drug-likeness (QED) is 0.507. The highest BCUT2D eigenvalue weighted by Gasteiger charge is 2.05. The molecule has 1 heterocycles. The Hall–Kier alpha value is -2.28. The first-order chi connectivity index (χ1) is 10.2. The number of benzene rings is 2. The molecule has 0 radical (unpaired) electrons. The SMILES string of the molecule is CC1=Cc2ccccc2CC1.Cc1ccc2occc2c1. The van der Waals surface area contributed by atoms with E-state index in [0.29, 0.717) is 0 Å². The third kappa shape index (κ3) is 3.25. The summed E-state index contributed by atoms with van der Waals surface area (Å²) in [7, 11) is 0. The van der Waals surface area contributed by atoms with Gasteiger partial charge in [0.05, 0.1) is 6.26 Å². The fraction of sp³-hybridized carbons (Fsp3) is 0.200. The van der Waals surface area contributed by atoms with Gasteiger partial charge in [0.1, 0.15) is 5.58 Å². The molecule has 1 nitrogen and oxygen atoms in total. The van der Waals surface area contributed by atoms with Crippen LogP contribution in [-0.2, 0) is 6.42 Å². The van der Waals surface area contributed by atoms with Crippen molar-refractivity contribution in [2.75, 3.05) is 0 Å². The number of hydrogen-bond acceptors (Lipinski definition) is 1. The Morgan fingerprint density at radius 2 is 1.76 bits per heavy atom. The molecule has 3 aromatic rings. The first kappa shape index (κ1) is 13.7. The Kier molecular flexibility index (Phi) is 3.92. The Balaban J connectivity index is 0.000000126. The topological polar surface area (TPSA) is 13.1 Å². The van der Waals surface area contributed by atoms with E-state index in [4.69, 9.17) is 4.42 Å². The number of hydrogen-bond donors (Lipinski definition) is 0. The molecule has 21 heavy (non-hydrogen) atoms. The molecule has 0 amide bonds. The van der Waals surface area contributed by atoms with Crippen LogP contribution in [0, 0.1) is 6.92 Å². The van der Waals surface area contributed by atoms with Gasteiger partial charge in [0.15, 0.2) is 0 Å². The third-order valence-corrected chi connectivity index (χ3v) is 3.85. The third-order valence-electron chi connectivity index (χ3n) is 3.85. The maximum Gasteiger partial charge on any atom is 0.133 e. The molecule has 1 aromatic heterocycles. The lowest BCUT2D eigenvalue weighted by atomic mass is 9.93. The molecule has 106 valence electrons. The molecule has 0 N–H and O–H groups in total. The van der Waals surface area contributed by atoms with Gasteiger partial charge in [0.2, 0.25) is 0 Å². The van der Waals surface area contributed by atoms with E-state index in [-0.39, 0.29) is 0 Å². The second kappa shape index (κ2) is 6.01. The Bertz CT molecular complexity index is 777. The smallest absolute Gasteiger partial charge is 0.133 e. The molecule has 2 aromatic carbocycles. The van der Waals surface area contributed by atoms with E-state index in [1.807, 2.05) is 18.2 Å². The van der Waals surface area contributed by atoms with Crippen LogP contribution in [0.15, 0.2) is 64.8 Å². The standard InChI is InChI=1S/C11H12.C9H8O/c1-9-6-7-10-4-2-3-5-11(10)8-9;1-7-2-3-9-8(6-7)4-5-10-9/h2-5,8H,6-7H2,1H3;2-6H,1H3. The van der Waals surface area contributed by atoms with Crippen molar-refractivity contribution in [1.82, 2.24) is 0 Å². The van der Waals surface area contributed by atoms with Crippen LogP contribution in [0.25, 0.3) is 17.0 Å². The lowest BCUT2D eigenvalue weighted by Gasteiger charge is -2.12. The summed E-state index contributed by atoms with van der Waals surface area (Å²) in [4.78, 5) is 0. The fourth-order valence-electron chi connectivity index (χ4n) is 2.66. The summed E-state index contributed by atoms with van der Waals surface area (Å²) < 4.78 is 5.17. The van der Waals surface area contributed by atoms with Gasteiger partial charge < -0.3 is 4.42 Å². The first-order valence-corrected chi connectivity index (χ1v) is 7.41. The minimum Gasteiger partial charge on any atom is -0.464 e. The van der Waals surface area contributed by atoms with Crippen molar-refractivity contribution in [2.24, 2.45) is 0 Å². The van der Waals surface area contributed by atoms with Crippen molar-refractivity contribution in [3.8, 4) is 0 Å². The summed E-state index contributed by atoms with van der Waals surface area (Å²) in [5.41, 5.74) is 6.65. The fourth-order valence-corrected chi connectivity index (χ4v) is 2.66. The number of furan rings is 1. The van der Waals surface area contributed by atoms with Gasteiger partial charge in [-0.15, -0.1) is 0 Å². The van der Waals surface area contributed by atoms with Gasteiger partial charge in [-0.25, -0.2) is 0 Å². The summed E-state index contributed by atoms with van der Waals surface area (Å²) in [5.74, 6) is 0. The number of fused-ring (bicyclic) bond motifs is 2. The summed E-state index contributed by atoms with van der Waals surface area (Å²) in [6.07, 6.45) is 6.46. The van der Waals surface area contributed by atoms with Crippen molar-refractivity contribution >= 4 is 17.0 Å². The number of aryl methyl sites for hydroxylation is 2. The van der Waals surface area contributed by atoms with Crippen LogP contribution in [0.4, 0.5) is 0 Å². The Labute approximate surface area is 125 Å². The van der Waals surface area contributed by atoms with Gasteiger partial charge in [0, 0.05) is 5.39 Å². The van der Waals surface area contributed by atoms with E-state index in [1.54, 1.807) is 6.26 Å². The van der Waals surface area contributed by atoms with E-state index in [9.17, 15) is 0 Å². The van der Waals surface area contributed by atoms with Crippen molar-refractivity contribution in [3.05, 3.63) is 77.1 Å². The molecule has 1 aliphatic rings. The molecule has 0 saturated heterocycles. The van der Waals surface area contributed by atoms with Gasteiger partial charge in [-0.05, 0) is 56.0 Å². The van der Waals surface area contributed by atoms with Crippen molar-refractivity contribution < 1.29 is 4.42 Å². The zero-order valence-electron chi connectivity index (χ0n) is 12.6. The monoisotopic (exact) mass is 276 g/mol. The van der Waals surface area contributed by atoms with Crippen LogP contribution in [0.2, 0.25) is 0 Å². The lowest BCUT2D eigenvalue weighted by molar-refractivity contribution is 0.616. The zero-order chi connectivity index (χ0) is 14.7. The van der Waals surface area contributed by atoms with Crippen LogP contribution >= 0.6 is 0 Å². The average molecular weight is 276 g/mol. The molecule has 0 fully saturated rings. The minimum absolute atomic E-state index is 0.964. The van der Waals surface area contributed by atoms with Gasteiger partial charge in [-0.3, -0.25) is 0 Å². The molecular weight excluding hydrogens is 256 g/mol. The molecule has 0 bridgehead atoms. The van der Waals surface area contributed by atoms with Crippen molar-refractivity contribution in [2.45, 2.75) is 26.7 Å². The van der Waals surface area contributed by atoms with E-state index < -0.39 is 0 Å². The van der Waals surface area contributed by atoms with E-state index >= 15 is 0 Å². The van der Waals surface area contributed by atoms with Crippen LogP contribution < -0.4 is 0 Å². The highest BCUT2D eigenvalue weighted by atomic mass is 16.3. The molecule has 1 heteroatoms. The number of rotatable bonds is 0. The summed E-state index contributed by atoms with van der Waals surface area (Å²) >= 11 is 0. The number of allylic oxidation sites excluding steroid dienone is 1. The highest BCUT2D eigenvalue weighted by Crippen LogP contribution is 2.22. The first-order valence-electron chi connectivity index (χ1n) is 7.41. The Morgan fingerprint density at radius 1 is 0.905 bits per heavy atom. The molecule has 0 atom stereocenters. The summed E-state index contributed by atoms with van der Waals surface area (Å²) in [5, 5.41) is 1.18. The highest BCUT2D eigenvalue weighted by molar-refractivity contribution is 5.77. The van der Waals surface area contributed by atoms with Gasteiger partial charge >= 0.3 is 0 Å². The maximum atomic E-state index is 5.17. The normalized spacial score (nSPS) is 13.1. The molecular formula is C20H20O. The lowest BCUT2D eigenvalue weighted by Crippen LogP contribution is -1.95. The van der Waals surface area contributed by atoms with Gasteiger partial charge in [-0.1, -0.05) is 47.5 Å². The maximum absolute atomic E-state index is 5.17. The second-order valence-electron chi connectivity index (χ2n) is 5.65. The van der Waals surface area contributed by atoms with Crippen LogP contribution in [-0.4, -0.2) is 0 Å². The van der Waals surface area contributed by atoms with Crippen LogP contribution in [0.5, 0.6) is 0 Å². The van der Waals surface area contributed by atoms with Gasteiger partial charge in [0.25, 0.3) is 0 Å². The molecule has 4 rings (SSSR count). The van der Waals surface area contributed by atoms with Crippen LogP contribution in [0.3, 0.4) is 0 Å². The van der Waals surface area contributed by atoms with Crippen LogP contribution in [0.1, 0.15) is 30.0 Å². The van der Waals surface area contributed by atoms with Crippen molar-refractivity contribution in [3.63, 3.8) is 0 Å². The minimum atomic E-state index is 0.964. The summed E-state index contributed by atoms with van der Waals surface area (Å²) in [6.45, 7) is 4.28. The van der Waals surface area contributed by atoms with Gasteiger partial charge in [-0.2, -0.15) is 0 Å².